The highest BCUT2D eigenvalue weighted by Gasteiger charge is 2.11. The molecule has 3 rings (SSSR count). The quantitative estimate of drug-likeness (QED) is 0.552. The maximum atomic E-state index is 12.3. The standard InChI is InChI=1S/C20H18N2O3/c1-2-25-19-10-6-5-9-16(19)13-21-22-20(24)17-11-14-7-3-4-8-15(14)12-18(17)23/h3-13,23H,2H2,1H3,(H,22,24)/b21-13-. The predicted molar refractivity (Wildman–Crippen MR) is 98.3 cm³/mol. The number of nitrogens with zero attached hydrogens (tertiary/aromatic N) is 1. The first-order valence-corrected chi connectivity index (χ1v) is 7.96. The number of phenols is 1. The number of carbonyl (C=O) groups excluding carboxylic acids is 1. The Labute approximate surface area is 145 Å². The van der Waals surface area contributed by atoms with E-state index in [1.807, 2.05) is 55.5 Å². The van der Waals surface area contributed by atoms with Gasteiger partial charge in [0.05, 0.1) is 18.4 Å². The first-order chi connectivity index (χ1) is 12.2. The second-order valence-electron chi connectivity index (χ2n) is 5.39. The lowest BCUT2D eigenvalue weighted by atomic mass is 10.1. The van der Waals surface area contributed by atoms with Crippen molar-refractivity contribution in [1.82, 2.24) is 5.43 Å². The minimum absolute atomic E-state index is 0.0823. The van der Waals surface area contributed by atoms with E-state index in [1.54, 1.807) is 12.1 Å². The number of nitrogens with one attached hydrogen (secondary N) is 1. The number of hydrazone groups is 1. The van der Waals surface area contributed by atoms with Gasteiger partial charge in [-0.25, -0.2) is 5.43 Å². The molecule has 0 spiro atoms. The van der Waals surface area contributed by atoms with Gasteiger partial charge in [-0.3, -0.25) is 4.79 Å². The molecule has 0 aliphatic carbocycles. The average Bonchev–Trinajstić information content (AvgIpc) is 2.62. The van der Waals surface area contributed by atoms with Crippen LogP contribution in [0.1, 0.15) is 22.8 Å². The van der Waals surface area contributed by atoms with Crippen LogP contribution in [0, 0.1) is 0 Å². The number of hydrogen-bond donors (Lipinski definition) is 2. The van der Waals surface area contributed by atoms with E-state index in [4.69, 9.17) is 4.74 Å². The van der Waals surface area contributed by atoms with Crippen molar-refractivity contribution in [2.45, 2.75) is 6.92 Å². The van der Waals surface area contributed by atoms with Crippen molar-refractivity contribution in [2.24, 2.45) is 5.10 Å². The van der Waals surface area contributed by atoms with Gasteiger partial charge in [0.2, 0.25) is 0 Å². The highest BCUT2D eigenvalue weighted by atomic mass is 16.5. The van der Waals surface area contributed by atoms with Crippen molar-refractivity contribution in [2.75, 3.05) is 6.61 Å². The van der Waals surface area contributed by atoms with E-state index >= 15 is 0 Å². The largest absolute Gasteiger partial charge is 0.507 e. The SMILES string of the molecule is CCOc1ccccc1/C=N\NC(=O)c1cc2ccccc2cc1O. The molecule has 0 aliphatic rings. The molecular weight excluding hydrogens is 316 g/mol. The Balaban J connectivity index is 1.78. The topological polar surface area (TPSA) is 70.9 Å². The van der Waals surface area contributed by atoms with Crippen LogP contribution in [0.5, 0.6) is 11.5 Å². The highest BCUT2D eigenvalue weighted by molar-refractivity contribution is 6.01. The Morgan fingerprint density at radius 2 is 1.80 bits per heavy atom. The van der Waals surface area contributed by atoms with Gasteiger partial charge in [0.25, 0.3) is 5.91 Å². The van der Waals surface area contributed by atoms with Crippen molar-refractivity contribution in [1.29, 1.82) is 0 Å². The van der Waals surface area contributed by atoms with E-state index in [9.17, 15) is 9.90 Å². The molecule has 0 heterocycles. The molecule has 0 saturated heterocycles. The van der Waals surface area contributed by atoms with Gasteiger partial charge in [0.1, 0.15) is 11.5 Å². The number of phenolic OH excluding ortho intramolecular Hbond substituents is 1. The van der Waals surface area contributed by atoms with E-state index in [-0.39, 0.29) is 11.3 Å². The third-order valence-corrected chi connectivity index (χ3v) is 3.70. The molecule has 0 fully saturated rings. The monoisotopic (exact) mass is 334 g/mol. The van der Waals surface area contributed by atoms with Crippen LogP contribution in [-0.4, -0.2) is 23.8 Å². The molecule has 5 nitrogen and oxygen atoms in total. The summed E-state index contributed by atoms with van der Waals surface area (Å²) in [6.07, 6.45) is 1.51. The zero-order chi connectivity index (χ0) is 17.6. The van der Waals surface area contributed by atoms with Gasteiger partial charge in [-0.1, -0.05) is 36.4 Å². The van der Waals surface area contributed by atoms with Gasteiger partial charge in [0.15, 0.2) is 0 Å². The lowest BCUT2D eigenvalue weighted by molar-refractivity contribution is 0.0952. The number of para-hydroxylation sites is 1. The van der Waals surface area contributed by atoms with E-state index in [2.05, 4.69) is 10.5 Å². The van der Waals surface area contributed by atoms with Crippen LogP contribution in [-0.2, 0) is 0 Å². The van der Waals surface area contributed by atoms with Crippen molar-refractivity contribution < 1.29 is 14.6 Å². The van der Waals surface area contributed by atoms with Gasteiger partial charge in [-0.15, -0.1) is 0 Å². The van der Waals surface area contributed by atoms with Gasteiger partial charge in [0, 0.05) is 5.56 Å². The Hall–Kier alpha value is -3.34. The average molecular weight is 334 g/mol. The summed E-state index contributed by atoms with van der Waals surface area (Å²) in [5.41, 5.74) is 3.37. The second kappa shape index (κ2) is 7.49. The molecule has 126 valence electrons. The van der Waals surface area contributed by atoms with Gasteiger partial charge < -0.3 is 9.84 Å². The summed E-state index contributed by atoms with van der Waals surface area (Å²) < 4.78 is 5.50. The summed E-state index contributed by atoms with van der Waals surface area (Å²) in [5, 5.41) is 15.8. The zero-order valence-corrected chi connectivity index (χ0v) is 13.8. The number of aromatic hydroxyl groups is 1. The van der Waals surface area contributed by atoms with Gasteiger partial charge in [-0.05, 0) is 42.0 Å². The van der Waals surface area contributed by atoms with Crippen molar-refractivity contribution >= 4 is 22.9 Å². The Bertz CT molecular complexity index is 935. The molecular formula is C20H18N2O3. The number of amides is 1. The number of ether oxygens (including phenoxy) is 1. The number of benzene rings is 3. The molecule has 0 unspecified atom stereocenters. The van der Waals surface area contributed by atoms with E-state index in [0.29, 0.717) is 12.4 Å². The van der Waals surface area contributed by atoms with Crippen LogP contribution in [0.2, 0.25) is 0 Å². The maximum Gasteiger partial charge on any atom is 0.275 e. The highest BCUT2D eigenvalue weighted by Crippen LogP contribution is 2.24. The van der Waals surface area contributed by atoms with Crippen LogP contribution in [0.15, 0.2) is 65.8 Å². The van der Waals surface area contributed by atoms with Crippen molar-refractivity contribution in [3.8, 4) is 11.5 Å². The molecule has 2 N–H and O–H groups in total. The van der Waals surface area contributed by atoms with Gasteiger partial charge >= 0.3 is 0 Å². The molecule has 0 radical (unpaired) electrons. The summed E-state index contributed by atoms with van der Waals surface area (Å²) in [4.78, 5) is 12.3. The number of rotatable bonds is 5. The normalized spacial score (nSPS) is 10.9. The third-order valence-electron chi connectivity index (χ3n) is 3.70. The van der Waals surface area contributed by atoms with Gasteiger partial charge in [-0.2, -0.15) is 5.10 Å². The molecule has 0 atom stereocenters. The molecule has 0 aliphatic heterocycles. The fourth-order valence-electron chi connectivity index (χ4n) is 2.50. The molecule has 25 heavy (non-hydrogen) atoms. The van der Waals surface area contributed by atoms with Crippen molar-refractivity contribution in [3.05, 3.63) is 71.8 Å². The molecule has 5 heteroatoms. The van der Waals surface area contributed by atoms with E-state index in [1.165, 1.54) is 6.21 Å². The Kier molecular flexibility index (Phi) is 4.95. The number of fused-ring (bicyclic) bond motifs is 1. The lowest BCUT2D eigenvalue weighted by Crippen LogP contribution is -2.17. The van der Waals surface area contributed by atoms with Crippen LogP contribution < -0.4 is 10.2 Å². The van der Waals surface area contributed by atoms with E-state index < -0.39 is 5.91 Å². The second-order valence-corrected chi connectivity index (χ2v) is 5.39. The first-order valence-electron chi connectivity index (χ1n) is 7.96. The van der Waals surface area contributed by atoms with Crippen LogP contribution in [0.4, 0.5) is 0 Å². The fourth-order valence-corrected chi connectivity index (χ4v) is 2.50. The fraction of sp³-hybridized carbons (Fsp3) is 0.100. The van der Waals surface area contributed by atoms with E-state index in [0.717, 1.165) is 16.3 Å². The summed E-state index contributed by atoms with van der Waals surface area (Å²) in [6, 6.07) is 18.1. The number of hydrogen-bond acceptors (Lipinski definition) is 4. The molecule has 3 aromatic rings. The summed E-state index contributed by atoms with van der Waals surface area (Å²) in [6.45, 7) is 2.44. The molecule has 3 aromatic carbocycles. The Morgan fingerprint density at radius 1 is 1.12 bits per heavy atom. The van der Waals surface area contributed by atoms with Crippen molar-refractivity contribution in [3.63, 3.8) is 0 Å². The smallest absolute Gasteiger partial charge is 0.275 e. The summed E-state index contributed by atoms with van der Waals surface area (Å²) in [7, 11) is 0. The molecule has 0 saturated carbocycles. The first kappa shape index (κ1) is 16.5. The minimum atomic E-state index is -0.478. The lowest BCUT2D eigenvalue weighted by Gasteiger charge is -2.07. The third kappa shape index (κ3) is 3.77. The molecule has 1 amide bonds. The van der Waals surface area contributed by atoms with Crippen LogP contribution in [0.25, 0.3) is 10.8 Å². The number of carbonyl (C=O) groups is 1. The molecule has 0 bridgehead atoms. The van der Waals surface area contributed by atoms with Crippen LogP contribution in [0.3, 0.4) is 0 Å². The predicted octanol–water partition coefficient (Wildman–Crippen LogP) is 3.71. The Morgan fingerprint density at radius 3 is 2.56 bits per heavy atom. The summed E-state index contributed by atoms with van der Waals surface area (Å²) in [5.74, 6) is 0.131. The zero-order valence-electron chi connectivity index (χ0n) is 13.8. The minimum Gasteiger partial charge on any atom is -0.507 e. The summed E-state index contributed by atoms with van der Waals surface area (Å²) >= 11 is 0. The molecule has 0 aromatic heterocycles. The maximum absolute atomic E-state index is 12.3. The van der Waals surface area contributed by atoms with Crippen LogP contribution >= 0.6 is 0 Å².